The van der Waals surface area contributed by atoms with Crippen LogP contribution in [-0.4, -0.2) is 45.9 Å². The SMILES string of the molecule is Cn1ncc2ncnc(N3CCNCC3)c21. The molecule has 0 unspecified atom stereocenters. The maximum absolute atomic E-state index is 4.39. The molecule has 0 radical (unpaired) electrons. The molecule has 6 nitrogen and oxygen atoms in total. The van der Waals surface area contributed by atoms with Crippen LogP contribution in [0.3, 0.4) is 0 Å². The zero-order valence-corrected chi connectivity index (χ0v) is 9.22. The van der Waals surface area contributed by atoms with Crippen LogP contribution in [0.4, 0.5) is 5.82 Å². The van der Waals surface area contributed by atoms with Crippen molar-refractivity contribution >= 4 is 16.9 Å². The third kappa shape index (κ3) is 1.42. The largest absolute Gasteiger partial charge is 0.352 e. The molecule has 2 aromatic heterocycles. The number of hydrogen-bond donors (Lipinski definition) is 1. The number of hydrogen-bond acceptors (Lipinski definition) is 5. The lowest BCUT2D eigenvalue weighted by molar-refractivity contribution is 0.585. The number of aryl methyl sites for hydroxylation is 1. The van der Waals surface area contributed by atoms with Gasteiger partial charge in [-0.15, -0.1) is 0 Å². The lowest BCUT2D eigenvalue weighted by Crippen LogP contribution is -2.44. The molecule has 1 aliphatic heterocycles. The van der Waals surface area contributed by atoms with E-state index in [2.05, 4.69) is 25.3 Å². The average Bonchev–Trinajstić information content (AvgIpc) is 2.73. The first-order valence-corrected chi connectivity index (χ1v) is 5.44. The minimum Gasteiger partial charge on any atom is -0.352 e. The van der Waals surface area contributed by atoms with Gasteiger partial charge in [0, 0.05) is 33.2 Å². The van der Waals surface area contributed by atoms with Gasteiger partial charge in [-0.1, -0.05) is 0 Å². The maximum Gasteiger partial charge on any atom is 0.158 e. The van der Waals surface area contributed by atoms with Gasteiger partial charge in [0.25, 0.3) is 0 Å². The second-order valence-corrected chi connectivity index (χ2v) is 3.94. The summed E-state index contributed by atoms with van der Waals surface area (Å²) in [6.07, 6.45) is 3.39. The highest BCUT2D eigenvalue weighted by Gasteiger charge is 2.16. The molecule has 3 rings (SSSR count). The molecule has 1 aliphatic rings. The van der Waals surface area contributed by atoms with Gasteiger partial charge in [0.15, 0.2) is 5.82 Å². The fourth-order valence-electron chi connectivity index (χ4n) is 2.09. The number of aromatic nitrogens is 4. The van der Waals surface area contributed by atoms with Crippen molar-refractivity contribution in [2.24, 2.45) is 7.05 Å². The van der Waals surface area contributed by atoms with Crippen LogP contribution in [0.5, 0.6) is 0 Å². The predicted molar refractivity (Wildman–Crippen MR) is 61.4 cm³/mol. The third-order valence-corrected chi connectivity index (χ3v) is 2.92. The molecule has 0 amide bonds. The summed E-state index contributed by atoms with van der Waals surface area (Å²) in [6.45, 7) is 3.97. The lowest BCUT2D eigenvalue weighted by Gasteiger charge is -2.28. The van der Waals surface area contributed by atoms with E-state index in [1.54, 1.807) is 12.5 Å². The van der Waals surface area contributed by atoms with E-state index in [1.807, 2.05) is 11.7 Å². The summed E-state index contributed by atoms with van der Waals surface area (Å²) in [5, 5.41) is 7.56. The van der Waals surface area contributed by atoms with E-state index in [1.165, 1.54) is 0 Å². The smallest absolute Gasteiger partial charge is 0.158 e. The molecule has 0 aromatic carbocycles. The van der Waals surface area contributed by atoms with E-state index in [9.17, 15) is 0 Å². The van der Waals surface area contributed by atoms with Gasteiger partial charge in [0.1, 0.15) is 17.4 Å². The Bertz CT molecular complexity index is 499. The molecular formula is C10H14N6. The van der Waals surface area contributed by atoms with E-state index in [0.29, 0.717) is 0 Å². The van der Waals surface area contributed by atoms with Crippen molar-refractivity contribution < 1.29 is 0 Å². The second-order valence-electron chi connectivity index (χ2n) is 3.94. The van der Waals surface area contributed by atoms with Gasteiger partial charge in [0.05, 0.1) is 6.20 Å². The Morgan fingerprint density at radius 1 is 1.25 bits per heavy atom. The molecule has 0 saturated carbocycles. The first-order valence-electron chi connectivity index (χ1n) is 5.44. The van der Waals surface area contributed by atoms with Gasteiger partial charge in [-0.2, -0.15) is 5.10 Å². The van der Waals surface area contributed by atoms with Gasteiger partial charge in [-0.05, 0) is 0 Å². The van der Waals surface area contributed by atoms with Crippen molar-refractivity contribution in [3.63, 3.8) is 0 Å². The Hall–Kier alpha value is -1.69. The van der Waals surface area contributed by atoms with Crippen molar-refractivity contribution in [2.45, 2.75) is 0 Å². The maximum atomic E-state index is 4.39. The van der Waals surface area contributed by atoms with Gasteiger partial charge in [0.2, 0.25) is 0 Å². The number of nitrogens with one attached hydrogen (secondary N) is 1. The molecular weight excluding hydrogens is 204 g/mol. The molecule has 1 fully saturated rings. The third-order valence-electron chi connectivity index (χ3n) is 2.92. The molecule has 0 bridgehead atoms. The fraction of sp³-hybridized carbons (Fsp3) is 0.500. The molecule has 6 heteroatoms. The minimum atomic E-state index is 0.908. The normalized spacial score (nSPS) is 16.9. The number of fused-ring (bicyclic) bond motifs is 1. The molecule has 16 heavy (non-hydrogen) atoms. The summed E-state index contributed by atoms with van der Waals surface area (Å²) in [5.74, 6) is 0.992. The van der Waals surface area contributed by atoms with Crippen LogP contribution in [0.15, 0.2) is 12.5 Å². The highest BCUT2D eigenvalue weighted by atomic mass is 15.3. The average molecular weight is 218 g/mol. The minimum absolute atomic E-state index is 0.908. The second kappa shape index (κ2) is 3.71. The topological polar surface area (TPSA) is 58.9 Å². The monoisotopic (exact) mass is 218 g/mol. The van der Waals surface area contributed by atoms with E-state index in [4.69, 9.17) is 0 Å². The number of anilines is 1. The summed E-state index contributed by atoms with van der Waals surface area (Å²) >= 11 is 0. The van der Waals surface area contributed by atoms with Crippen LogP contribution in [0.2, 0.25) is 0 Å². The highest BCUT2D eigenvalue weighted by Crippen LogP contribution is 2.21. The molecule has 3 heterocycles. The predicted octanol–water partition coefficient (Wildman–Crippen LogP) is -0.227. The Balaban J connectivity index is 2.10. The van der Waals surface area contributed by atoms with E-state index < -0.39 is 0 Å². The van der Waals surface area contributed by atoms with Gasteiger partial charge in [-0.25, -0.2) is 9.97 Å². The lowest BCUT2D eigenvalue weighted by atomic mass is 10.3. The zero-order chi connectivity index (χ0) is 11.0. The van der Waals surface area contributed by atoms with Crippen molar-refractivity contribution in [3.05, 3.63) is 12.5 Å². The van der Waals surface area contributed by atoms with Gasteiger partial charge >= 0.3 is 0 Å². The first kappa shape index (κ1) is 9.53. The Kier molecular flexibility index (Phi) is 2.21. The highest BCUT2D eigenvalue weighted by molar-refractivity contribution is 5.85. The molecule has 0 spiro atoms. The van der Waals surface area contributed by atoms with E-state index in [-0.39, 0.29) is 0 Å². The molecule has 0 atom stereocenters. The van der Waals surface area contributed by atoms with E-state index >= 15 is 0 Å². The first-order chi connectivity index (χ1) is 7.86. The van der Waals surface area contributed by atoms with E-state index in [0.717, 1.165) is 43.0 Å². The number of rotatable bonds is 1. The Morgan fingerprint density at radius 2 is 2.06 bits per heavy atom. The quantitative estimate of drug-likeness (QED) is 0.716. The van der Waals surface area contributed by atoms with Crippen molar-refractivity contribution in [2.75, 3.05) is 31.1 Å². The Morgan fingerprint density at radius 3 is 2.88 bits per heavy atom. The Labute approximate surface area is 93.3 Å². The van der Waals surface area contributed by atoms with Crippen molar-refractivity contribution in [3.8, 4) is 0 Å². The molecule has 84 valence electrons. The molecule has 1 N–H and O–H groups in total. The van der Waals surface area contributed by atoms with Crippen LogP contribution in [0.1, 0.15) is 0 Å². The number of piperazine rings is 1. The van der Waals surface area contributed by atoms with Crippen molar-refractivity contribution in [1.29, 1.82) is 0 Å². The summed E-state index contributed by atoms with van der Waals surface area (Å²) in [5.41, 5.74) is 1.93. The molecule has 2 aromatic rings. The number of nitrogens with zero attached hydrogens (tertiary/aromatic N) is 5. The summed E-state index contributed by atoms with van der Waals surface area (Å²) in [6, 6.07) is 0. The summed E-state index contributed by atoms with van der Waals surface area (Å²) < 4.78 is 1.84. The van der Waals surface area contributed by atoms with Crippen LogP contribution in [0, 0.1) is 0 Å². The van der Waals surface area contributed by atoms with Gasteiger partial charge in [-0.3, -0.25) is 4.68 Å². The fourth-order valence-corrected chi connectivity index (χ4v) is 2.09. The molecule has 0 aliphatic carbocycles. The summed E-state index contributed by atoms with van der Waals surface area (Å²) in [4.78, 5) is 10.9. The van der Waals surface area contributed by atoms with Crippen LogP contribution in [-0.2, 0) is 7.05 Å². The molecule has 1 saturated heterocycles. The standard InChI is InChI=1S/C10H14N6/c1-15-9-8(6-14-15)12-7-13-10(9)16-4-2-11-3-5-16/h6-7,11H,2-5H2,1H3. The van der Waals surface area contributed by atoms with Gasteiger partial charge < -0.3 is 10.2 Å². The van der Waals surface area contributed by atoms with Crippen molar-refractivity contribution in [1.82, 2.24) is 25.1 Å². The van der Waals surface area contributed by atoms with Crippen LogP contribution >= 0.6 is 0 Å². The van der Waals surface area contributed by atoms with Crippen LogP contribution in [0.25, 0.3) is 11.0 Å². The summed E-state index contributed by atoms with van der Waals surface area (Å²) in [7, 11) is 1.93. The zero-order valence-electron chi connectivity index (χ0n) is 9.22. The van der Waals surface area contributed by atoms with Crippen LogP contribution < -0.4 is 10.2 Å².